The van der Waals surface area contributed by atoms with Crippen molar-refractivity contribution in [1.29, 1.82) is 0 Å². The van der Waals surface area contributed by atoms with Crippen LogP contribution in [0.4, 0.5) is 0 Å². The second-order valence-electron chi connectivity index (χ2n) is 9.29. The molecule has 0 aromatic heterocycles. The Kier molecular flexibility index (Phi) is 8.04. The van der Waals surface area contributed by atoms with Gasteiger partial charge in [0.05, 0.1) is 11.5 Å². The molecule has 0 aliphatic carbocycles. The first-order valence-electron chi connectivity index (χ1n) is 11.9. The van der Waals surface area contributed by atoms with Crippen LogP contribution >= 0.6 is 0 Å². The molecule has 3 aromatic rings. The SMILES string of the molecule is Cc1ccc(S(=O)(=O)/N=C(\C=C\[C@@H]2COC(C)(C)O2)N(Cc2ccccc2)Cc2ccccc2)cc1. The van der Waals surface area contributed by atoms with Crippen molar-refractivity contribution in [2.75, 3.05) is 6.61 Å². The molecule has 36 heavy (non-hydrogen) atoms. The van der Waals surface area contributed by atoms with E-state index in [1.807, 2.05) is 92.4 Å². The van der Waals surface area contributed by atoms with Crippen molar-refractivity contribution in [2.45, 2.75) is 50.6 Å². The van der Waals surface area contributed by atoms with Gasteiger partial charge in [0.15, 0.2) is 5.79 Å². The highest BCUT2D eigenvalue weighted by atomic mass is 32.2. The lowest BCUT2D eigenvalue weighted by Gasteiger charge is -2.25. The van der Waals surface area contributed by atoms with E-state index in [1.165, 1.54) is 0 Å². The second kappa shape index (κ2) is 11.2. The molecule has 1 fully saturated rings. The van der Waals surface area contributed by atoms with Gasteiger partial charge >= 0.3 is 0 Å². The summed E-state index contributed by atoms with van der Waals surface area (Å²) in [7, 11) is -3.95. The fourth-order valence-electron chi connectivity index (χ4n) is 3.91. The van der Waals surface area contributed by atoms with Crippen LogP contribution in [-0.2, 0) is 32.6 Å². The van der Waals surface area contributed by atoms with E-state index in [0.29, 0.717) is 25.5 Å². The third-order valence-electron chi connectivity index (χ3n) is 5.78. The highest BCUT2D eigenvalue weighted by Crippen LogP contribution is 2.23. The zero-order valence-corrected chi connectivity index (χ0v) is 21.7. The average Bonchev–Trinajstić information content (AvgIpc) is 3.21. The summed E-state index contributed by atoms with van der Waals surface area (Å²) in [6.45, 7) is 6.98. The Labute approximate surface area is 214 Å². The van der Waals surface area contributed by atoms with Crippen LogP contribution in [0, 0.1) is 6.92 Å². The standard InChI is InChI=1S/C29H32N2O4S/c1-23-14-17-27(18-15-23)36(32,33)30-28(19-16-26-22-34-29(2,3)35-26)31(20-24-10-6-4-7-11-24)21-25-12-8-5-9-13-25/h4-19,26H,20-22H2,1-3H3/b19-16+,30-28+/t26-/m1/s1. The van der Waals surface area contributed by atoms with E-state index in [1.54, 1.807) is 30.3 Å². The normalized spacial score (nSPS) is 18.0. The zero-order valence-electron chi connectivity index (χ0n) is 20.9. The van der Waals surface area contributed by atoms with Crippen LogP contribution < -0.4 is 0 Å². The Hall–Kier alpha value is -3.26. The Morgan fingerprint density at radius 2 is 1.50 bits per heavy atom. The maximum atomic E-state index is 13.4. The largest absolute Gasteiger partial charge is 0.347 e. The Morgan fingerprint density at radius 3 is 2.00 bits per heavy atom. The topological polar surface area (TPSA) is 68.2 Å². The maximum absolute atomic E-state index is 13.4. The summed E-state index contributed by atoms with van der Waals surface area (Å²) in [5.74, 6) is -0.356. The molecule has 0 spiro atoms. The first-order chi connectivity index (χ1) is 17.2. The molecule has 1 aliphatic heterocycles. The van der Waals surface area contributed by atoms with Gasteiger partial charge in [-0.05, 0) is 56.2 Å². The molecular weight excluding hydrogens is 472 g/mol. The van der Waals surface area contributed by atoms with E-state index in [9.17, 15) is 8.42 Å². The zero-order chi connectivity index (χ0) is 25.6. The van der Waals surface area contributed by atoms with Crippen molar-refractivity contribution in [3.63, 3.8) is 0 Å². The number of hydrogen-bond donors (Lipinski definition) is 0. The van der Waals surface area contributed by atoms with Crippen LogP contribution in [0.5, 0.6) is 0 Å². The Balaban J connectivity index is 1.74. The van der Waals surface area contributed by atoms with Crippen LogP contribution in [0.1, 0.15) is 30.5 Å². The summed E-state index contributed by atoms with van der Waals surface area (Å²) in [6.07, 6.45) is 3.25. The van der Waals surface area contributed by atoms with E-state index in [-0.39, 0.29) is 11.0 Å². The lowest BCUT2D eigenvalue weighted by atomic mass is 10.1. The van der Waals surface area contributed by atoms with Gasteiger partial charge in [-0.15, -0.1) is 4.40 Å². The first kappa shape index (κ1) is 25.8. The Bertz CT molecular complexity index is 1260. The number of rotatable bonds is 8. The quantitative estimate of drug-likeness (QED) is 0.300. The fraction of sp³-hybridized carbons (Fsp3) is 0.276. The monoisotopic (exact) mass is 504 g/mol. The highest BCUT2D eigenvalue weighted by Gasteiger charge is 2.31. The van der Waals surface area contributed by atoms with Gasteiger partial charge in [0.1, 0.15) is 11.9 Å². The minimum Gasteiger partial charge on any atom is -0.347 e. The van der Waals surface area contributed by atoms with Crippen LogP contribution in [0.2, 0.25) is 0 Å². The molecule has 1 aliphatic rings. The second-order valence-corrected chi connectivity index (χ2v) is 10.9. The molecule has 1 heterocycles. The van der Waals surface area contributed by atoms with Crippen LogP contribution in [0.25, 0.3) is 0 Å². The minimum atomic E-state index is -3.95. The molecule has 4 rings (SSSR count). The van der Waals surface area contributed by atoms with E-state index in [2.05, 4.69) is 4.40 Å². The lowest BCUT2D eigenvalue weighted by Crippen LogP contribution is -2.30. The van der Waals surface area contributed by atoms with Crippen molar-refractivity contribution < 1.29 is 17.9 Å². The maximum Gasteiger partial charge on any atom is 0.284 e. The van der Waals surface area contributed by atoms with Gasteiger partial charge < -0.3 is 14.4 Å². The predicted octanol–water partition coefficient (Wildman–Crippen LogP) is 5.49. The van der Waals surface area contributed by atoms with Crippen molar-refractivity contribution >= 4 is 15.9 Å². The summed E-state index contributed by atoms with van der Waals surface area (Å²) in [5, 5.41) is 0. The fourth-order valence-corrected chi connectivity index (χ4v) is 4.92. The minimum absolute atomic E-state index is 0.153. The molecule has 7 heteroatoms. The van der Waals surface area contributed by atoms with Crippen molar-refractivity contribution in [1.82, 2.24) is 4.90 Å². The molecule has 0 N–H and O–H groups in total. The molecule has 1 saturated heterocycles. The van der Waals surface area contributed by atoms with Gasteiger partial charge in [0.2, 0.25) is 0 Å². The number of nitrogens with zero attached hydrogens (tertiary/aromatic N) is 2. The van der Waals surface area contributed by atoms with E-state index < -0.39 is 15.8 Å². The number of sulfonamides is 1. The molecule has 188 valence electrons. The molecule has 1 atom stereocenters. The van der Waals surface area contributed by atoms with Gasteiger partial charge in [-0.3, -0.25) is 0 Å². The third kappa shape index (κ3) is 7.13. The number of benzene rings is 3. The van der Waals surface area contributed by atoms with Gasteiger partial charge in [-0.2, -0.15) is 8.42 Å². The summed E-state index contributed by atoms with van der Waals surface area (Å²) in [4.78, 5) is 2.12. The number of amidine groups is 1. The highest BCUT2D eigenvalue weighted by molar-refractivity contribution is 7.90. The smallest absolute Gasteiger partial charge is 0.284 e. The van der Waals surface area contributed by atoms with Crippen LogP contribution in [0.15, 0.2) is 106 Å². The third-order valence-corrected chi connectivity index (χ3v) is 7.07. The molecule has 3 aromatic carbocycles. The molecule has 6 nitrogen and oxygen atoms in total. The summed E-state index contributed by atoms with van der Waals surface area (Å²) in [5.41, 5.74) is 3.07. The number of aryl methyl sites for hydroxylation is 1. The number of hydrogen-bond acceptors (Lipinski definition) is 4. The van der Waals surface area contributed by atoms with Crippen molar-refractivity contribution in [3.05, 3.63) is 114 Å². The molecular formula is C29H32N2O4S. The summed E-state index contributed by atoms with van der Waals surface area (Å²) < 4.78 is 42.6. The summed E-state index contributed by atoms with van der Waals surface area (Å²) >= 11 is 0. The summed E-state index contributed by atoms with van der Waals surface area (Å²) in [6, 6.07) is 26.6. The lowest BCUT2D eigenvalue weighted by molar-refractivity contribution is -0.133. The molecule has 0 radical (unpaired) electrons. The average molecular weight is 505 g/mol. The van der Waals surface area contributed by atoms with Gasteiger partial charge in [-0.25, -0.2) is 0 Å². The van der Waals surface area contributed by atoms with Gasteiger partial charge in [-0.1, -0.05) is 78.4 Å². The van der Waals surface area contributed by atoms with E-state index >= 15 is 0 Å². The Morgan fingerprint density at radius 1 is 0.944 bits per heavy atom. The van der Waals surface area contributed by atoms with Gasteiger partial charge in [0.25, 0.3) is 10.0 Å². The van der Waals surface area contributed by atoms with E-state index in [0.717, 1.165) is 16.7 Å². The van der Waals surface area contributed by atoms with Crippen molar-refractivity contribution in [3.8, 4) is 0 Å². The molecule has 0 bridgehead atoms. The molecule has 0 amide bonds. The van der Waals surface area contributed by atoms with Crippen molar-refractivity contribution in [2.24, 2.45) is 4.40 Å². The van der Waals surface area contributed by atoms with Crippen LogP contribution in [0.3, 0.4) is 0 Å². The first-order valence-corrected chi connectivity index (χ1v) is 13.4. The number of ether oxygens (including phenoxy) is 2. The van der Waals surface area contributed by atoms with Crippen LogP contribution in [-0.4, -0.2) is 37.7 Å². The van der Waals surface area contributed by atoms with Gasteiger partial charge in [0, 0.05) is 13.1 Å². The predicted molar refractivity (Wildman–Crippen MR) is 142 cm³/mol. The molecule has 0 saturated carbocycles. The van der Waals surface area contributed by atoms with E-state index in [4.69, 9.17) is 9.47 Å². The molecule has 0 unspecified atom stereocenters.